The highest BCUT2D eigenvalue weighted by Crippen LogP contribution is 2.21. The standard InChI is InChI=1S/C13H15N5/c1-9(11-7-15-18(2)8-11)16-12-4-3-10-6-14-17-13(10)5-12/h3-9,16H,1-2H3,(H,14,17). The molecule has 0 saturated carbocycles. The van der Waals surface area contributed by atoms with Gasteiger partial charge in [0.25, 0.3) is 0 Å². The van der Waals surface area contributed by atoms with E-state index in [4.69, 9.17) is 0 Å². The third-order valence-electron chi connectivity index (χ3n) is 3.05. The number of fused-ring (bicyclic) bond motifs is 1. The fourth-order valence-electron chi connectivity index (χ4n) is 2.02. The number of aryl methyl sites for hydroxylation is 1. The minimum absolute atomic E-state index is 0.221. The van der Waals surface area contributed by atoms with Crippen LogP contribution in [0.25, 0.3) is 10.9 Å². The Morgan fingerprint density at radius 2 is 2.22 bits per heavy atom. The van der Waals surface area contributed by atoms with Crippen LogP contribution in [0.15, 0.2) is 36.8 Å². The summed E-state index contributed by atoms with van der Waals surface area (Å²) in [6, 6.07) is 6.40. The molecule has 0 fully saturated rings. The molecule has 2 N–H and O–H groups in total. The Bertz CT molecular complexity index is 667. The highest BCUT2D eigenvalue weighted by Gasteiger charge is 2.07. The van der Waals surface area contributed by atoms with Crippen molar-refractivity contribution < 1.29 is 0 Å². The van der Waals surface area contributed by atoms with Gasteiger partial charge in [-0.2, -0.15) is 10.2 Å². The van der Waals surface area contributed by atoms with Crippen molar-refractivity contribution in [3.63, 3.8) is 0 Å². The molecule has 5 heteroatoms. The van der Waals surface area contributed by atoms with Crippen LogP contribution in [-0.4, -0.2) is 20.0 Å². The van der Waals surface area contributed by atoms with Gasteiger partial charge in [0.05, 0.1) is 24.0 Å². The fourth-order valence-corrected chi connectivity index (χ4v) is 2.02. The number of aromatic amines is 1. The van der Waals surface area contributed by atoms with E-state index in [0.29, 0.717) is 0 Å². The maximum Gasteiger partial charge on any atom is 0.0670 e. The molecule has 2 aromatic heterocycles. The van der Waals surface area contributed by atoms with E-state index in [1.807, 2.05) is 30.3 Å². The van der Waals surface area contributed by atoms with Gasteiger partial charge in [-0.05, 0) is 25.1 Å². The largest absolute Gasteiger partial charge is 0.378 e. The number of nitrogens with zero attached hydrogens (tertiary/aromatic N) is 3. The number of nitrogens with one attached hydrogen (secondary N) is 2. The zero-order valence-corrected chi connectivity index (χ0v) is 10.4. The zero-order chi connectivity index (χ0) is 12.5. The van der Waals surface area contributed by atoms with Crippen molar-refractivity contribution in [2.45, 2.75) is 13.0 Å². The van der Waals surface area contributed by atoms with Gasteiger partial charge in [-0.1, -0.05) is 0 Å². The first-order chi connectivity index (χ1) is 8.72. The maximum absolute atomic E-state index is 4.18. The van der Waals surface area contributed by atoms with Gasteiger partial charge in [-0.15, -0.1) is 0 Å². The molecule has 0 aliphatic rings. The second-order valence-corrected chi connectivity index (χ2v) is 4.49. The van der Waals surface area contributed by atoms with Crippen LogP contribution in [0.4, 0.5) is 5.69 Å². The average Bonchev–Trinajstić information content (AvgIpc) is 2.96. The van der Waals surface area contributed by atoms with Gasteiger partial charge in [0.1, 0.15) is 0 Å². The van der Waals surface area contributed by atoms with Gasteiger partial charge < -0.3 is 5.32 Å². The Morgan fingerprint density at radius 3 is 3.00 bits per heavy atom. The summed E-state index contributed by atoms with van der Waals surface area (Å²) in [7, 11) is 1.92. The number of anilines is 1. The van der Waals surface area contributed by atoms with Crippen LogP contribution in [0.3, 0.4) is 0 Å². The summed E-state index contributed by atoms with van der Waals surface area (Å²) < 4.78 is 1.81. The monoisotopic (exact) mass is 241 g/mol. The summed E-state index contributed by atoms with van der Waals surface area (Å²) in [6.07, 6.45) is 5.72. The molecule has 3 aromatic rings. The van der Waals surface area contributed by atoms with E-state index in [1.54, 1.807) is 0 Å². The van der Waals surface area contributed by atoms with Crippen molar-refractivity contribution in [1.29, 1.82) is 0 Å². The number of rotatable bonds is 3. The van der Waals surface area contributed by atoms with Crippen molar-refractivity contribution in [1.82, 2.24) is 20.0 Å². The number of H-pyrrole nitrogens is 1. The highest BCUT2D eigenvalue weighted by molar-refractivity contribution is 5.81. The van der Waals surface area contributed by atoms with Gasteiger partial charge >= 0.3 is 0 Å². The van der Waals surface area contributed by atoms with Crippen LogP contribution in [-0.2, 0) is 7.05 Å². The maximum atomic E-state index is 4.18. The molecule has 2 heterocycles. The molecule has 0 aliphatic heterocycles. The number of aromatic nitrogens is 4. The first-order valence-electron chi connectivity index (χ1n) is 5.90. The average molecular weight is 241 g/mol. The lowest BCUT2D eigenvalue weighted by Crippen LogP contribution is -2.05. The Hall–Kier alpha value is -2.30. The Balaban J connectivity index is 1.83. The Labute approximate surface area is 105 Å². The molecule has 0 aliphatic carbocycles. The van der Waals surface area contributed by atoms with E-state index in [9.17, 15) is 0 Å². The Morgan fingerprint density at radius 1 is 1.33 bits per heavy atom. The van der Waals surface area contributed by atoms with Gasteiger partial charge in [0.15, 0.2) is 0 Å². The van der Waals surface area contributed by atoms with Crippen LogP contribution in [0.1, 0.15) is 18.5 Å². The van der Waals surface area contributed by atoms with Crippen LogP contribution in [0, 0.1) is 0 Å². The summed E-state index contributed by atoms with van der Waals surface area (Å²) in [4.78, 5) is 0. The molecular weight excluding hydrogens is 226 g/mol. The van der Waals surface area contributed by atoms with E-state index in [1.165, 1.54) is 5.56 Å². The zero-order valence-electron chi connectivity index (χ0n) is 10.4. The normalized spacial score (nSPS) is 12.8. The predicted octanol–water partition coefficient (Wildman–Crippen LogP) is 2.47. The van der Waals surface area contributed by atoms with E-state index in [-0.39, 0.29) is 6.04 Å². The fraction of sp³-hybridized carbons (Fsp3) is 0.231. The number of benzene rings is 1. The number of hydrogen-bond donors (Lipinski definition) is 2. The lowest BCUT2D eigenvalue weighted by molar-refractivity contribution is 0.765. The van der Waals surface area contributed by atoms with Crippen LogP contribution in [0.2, 0.25) is 0 Å². The summed E-state index contributed by atoms with van der Waals surface area (Å²) >= 11 is 0. The predicted molar refractivity (Wildman–Crippen MR) is 71.3 cm³/mol. The molecule has 0 spiro atoms. The molecular formula is C13H15N5. The number of hydrogen-bond acceptors (Lipinski definition) is 3. The molecule has 5 nitrogen and oxygen atoms in total. The minimum atomic E-state index is 0.221. The van der Waals surface area contributed by atoms with Gasteiger partial charge in [0.2, 0.25) is 0 Å². The lowest BCUT2D eigenvalue weighted by atomic mass is 10.1. The third kappa shape index (κ3) is 1.95. The van der Waals surface area contributed by atoms with E-state index in [0.717, 1.165) is 16.6 Å². The quantitative estimate of drug-likeness (QED) is 0.740. The molecule has 1 unspecified atom stereocenters. The smallest absolute Gasteiger partial charge is 0.0670 e. The molecule has 1 atom stereocenters. The lowest BCUT2D eigenvalue weighted by Gasteiger charge is -2.13. The summed E-state index contributed by atoms with van der Waals surface area (Å²) in [6.45, 7) is 2.12. The highest BCUT2D eigenvalue weighted by atomic mass is 15.2. The van der Waals surface area contributed by atoms with E-state index in [2.05, 4.69) is 45.7 Å². The molecule has 18 heavy (non-hydrogen) atoms. The molecule has 0 amide bonds. The molecule has 0 saturated heterocycles. The van der Waals surface area contributed by atoms with Crippen LogP contribution < -0.4 is 5.32 Å². The minimum Gasteiger partial charge on any atom is -0.378 e. The molecule has 3 rings (SSSR count). The van der Waals surface area contributed by atoms with Gasteiger partial charge in [-0.3, -0.25) is 9.78 Å². The first kappa shape index (κ1) is 10.8. The van der Waals surface area contributed by atoms with Crippen molar-refractivity contribution in [3.8, 4) is 0 Å². The van der Waals surface area contributed by atoms with E-state index < -0.39 is 0 Å². The summed E-state index contributed by atoms with van der Waals surface area (Å²) in [5.41, 5.74) is 3.28. The van der Waals surface area contributed by atoms with Crippen molar-refractivity contribution >= 4 is 16.6 Å². The van der Waals surface area contributed by atoms with Crippen molar-refractivity contribution in [2.75, 3.05) is 5.32 Å². The van der Waals surface area contributed by atoms with E-state index >= 15 is 0 Å². The summed E-state index contributed by atoms with van der Waals surface area (Å²) in [5, 5.41) is 15.7. The van der Waals surface area contributed by atoms with Gasteiger partial charge in [0, 0.05) is 29.9 Å². The first-order valence-corrected chi connectivity index (χ1v) is 5.90. The summed E-state index contributed by atoms with van der Waals surface area (Å²) in [5.74, 6) is 0. The third-order valence-corrected chi connectivity index (χ3v) is 3.05. The molecule has 0 bridgehead atoms. The van der Waals surface area contributed by atoms with Crippen LogP contribution >= 0.6 is 0 Å². The molecule has 92 valence electrons. The van der Waals surface area contributed by atoms with Crippen molar-refractivity contribution in [3.05, 3.63) is 42.4 Å². The van der Waals surface area contributed by atoms with Crippen LogP contribution in [0.5, 0.6) is 0 Å². The van der Waals surface area contributed by atoms with Gasteiger partial charge in [-0.25, -0.2) is 0 Å². The molecule has 1 aromatic carbocycles. The topological polar surface area (TPSA) is 58.5 Å². The van der Waals surface area contributed by atoms with Crippen molar-refractivity contribution in [2.24, 2.45) is 7.05 Å². The Kier molecular flexibility index (Phi) is 2.51. The second-order valence-electron chi connectivity index (χ2n) is 4.49. The second kappa shape index (κ2) is 4.18. The SMILES string of the molecule is CC(Nc1ccc2cn[nH]c2c1)c1cnn(C)c1. The molecule has 0 radical (unpaired) electrons.